The van der Waals surface area contributed by atoms with Crippen molar-refractivity contribution >= 4 is 33.9 Å². The fourth-order valence-electron chi connectivity index (χ4n) is 3.66. The van der Waals surface area contributed by atoms with Gasteiger partial charge in [-0.1, -0.05) is 17.7 Å². The molecule has 33 heavy (non-hydrogen) atoms. The average molecular weight is 469 g/mol. The number of nitrogens with zero attached hydrogens (tertiary/aromatic N) is 3. The quantitative estimate of drug-likeness (QED) is 0.385. The molecule has 1 fully saturated rings. The average Bonchev–Trinajstić information content (AvgIpc) is 2.80. The number of ether oxygens (including phenoxy) is 1. The maximum absolute atomic E-state index is 13.7. The second-order valence-electron chi connectivity index (χ2n) is 7.67. The lowest BCUT2D eigenvalue weighted by Crippen LogP contribution is -2.36. The van der Waals surface area contributed by atoms with Gasteiger partial charge in [0, 0.05) is 53.2 Å². The Morgan fingerprint density at radius 3 is 2.52 bits per heavy atom. The van der Waals surface area contributed by atoms with E-state index in [0.29, 0.717) is 33.0 Å². The van der Waals surface area contributed by atoms with E-state index in [0.717, 1.165) is 43.6 Å². The molecule has 0 saturated carbocycles. The van der Waals surface area contributed by atoms with Crippen LogP contribution in [-0.4, -0.2) is 36.3 Å². The molecule has 5 rings (SSSR count). The summed E-state index contributed by atoms with van der Waals surface area (Å²) in [6, 6.07) is 14.9. The van der Waals surface area contributed by atoms with E-state index in [1.165, 1.54) is 6.07 Å². The third-order valence-corrected chi connectivity index (χ3v) is 5.45. The van der Waals surface area contributed by atoms with Crippen LogP contribution in [0.3, 0.4) is 0 Å². The van der Waals surface area contributed by atoms with Crippen molar-refractivity contribution < 1.29 is 13.5 Å². The summed E-state index contributed by atoms with van der Waals surface area (Å²) in [5.41, 5.74) is 9.93. The van der Waals surface area contributed by atoms with Crippen molar-refractivity contribution in [3.05, 3.63) is 83.0 Å². The Morgan fingerprint density at radius 2 is 1.82 bits per heavy atom. The molecule has 1 aliphatic heterocycles. The van der Waals surface area contributed by atoms with Gasteiger partial charge < -0.3 is 15.4 Å². The molecule has 0 amide bonds. The number of aromatic nitrogens is 2. The Bertz CT molecular complexity index is 1240. The first-order chi connectivity index (χ1) is 15.9. The Balaban J connectivity index is 0.000000165. The van der Waals surface area contributed by atoms with E-state index in [9.17, 15) is 8.78 Å². The van der Waals surface area contributed by atoms with Crippen molar-refractivity contribution in [2.75, 3.05) is 36.9 Å². The summed E-state index contributed by atoms with van der Waals surface area (Å²) in [6.45, 7) is 5.18. The van der Waals surface area contributed by atoms with Crippen molar-refractivity contribution in [1.82, 2.24) is 9.97 Å². The van der Waals surface area contributed by atoms with Crippen molar-refractivity contribution in [2.45, 2.75) is 6.92 Å². The number of rotatable bonds is 2. The normalized spacial score (nSPS) is 13.5. The molecule has 0 radical (unpaired) electrons. The van der Waals surface area contributed by atoms with E-state index in [4.69, 9.17) is 22.1 Å². The molecule has 1 aliphatic rings. The third kappa shape index (κ3) is 5.56. The van der Waals surface area contributed by atoms with Gasteiger partial charge in [-0.2, -0.15) is 0 Å². The number of hydrogen-bond acceptors (Lipinski definition) is 5. The molecule has 0 spiro atoms. The lowest BCUT2D eigenvalue weighted by molar-refractivity contribution is 0.122. The Labute approximate surface area is 195 Å². The van der Waals surface area contributed by atoms with Crippen LogP contribution >= 0.6 is 11.6 Å². The van der Waals surface area contributed by atoms with Crippen LogP contribution in [0.5, 0.6) is 0 Å². The zero-order valence-electron chi connectivity index (χ0n) is 18.1. The number of benzene rings is 2. The summed E-state index contributed by atoms with van der Waals surface area (Å²) in [6.07, 6.45) is 1.66. The lowest BCUT2D eigenvalue weighted by atomic mass is 10.1. The summed E-state index contributed by atoms with van der Waals surface area (Å²) in [7, 11) is 0. The van der Waals surface area contributed by atoms with Crippen LogP contribution in [0.25, 0.3) is 22.3 Å². The molecule has 170 valence electrons. The zero-order valence-corrected chi connectivity index (χ0v) is 18.8. The first-order valence-corrected chi connectivity index (χ1v) is 10.8. The Hall–Kier alpha value is -3.29. The van der Waals surface area contributed by atoms with Crippen molar-refractivity contribution in [3.8, 4) is 11.4 Å². The molecular weight excluding hydrogens is 446 g/mol. The molecule has 8 heteroatoms. The minimum Gasteiger partial charge on any atom is -0.399 e. The van der Waals surface area contributed by atoms with Gasteiger partial charge >= 0.3 is 0 Å². The first kappa shape index (κ1) is 22.9. The molecule has 3 heterocycles. The molecule has 0 bridgehead atoms. The van der Waals surface area contributed by atoms with Gasteiger partial charge in [-0.15, -0.1) is 0 Å². The number of fused-ring (bicyclic) bond motifs is 1. The predicted octanol–water partition coefficient (Wildman–Crippen LogP) is 5.64. The number of halogens is 3. The van der Waals surface area contributed by atoms with Crippen molar-refractivity contribution in [3.63, 3.8) is 0 Å². The van der Waals surface area contributed by atoms with E-state index >= 15 is 0 Å². The summed E-state index contributed by atoms with van der Waals surface area (Å²) in [5, 5.41) is 1.00. The highest BCUT2D eigenvalue weighted by molar-refractivity contribution is 6.31. The minimum absolute atomic E-state index is 0.295. The monoisotopic (exact) mass is 468 g/mol. The van der Waals surface area contributed by atoms with Gasteiger partial charge in [0.2, 0.25) is 0 Å². The third-order valence-electron chi connectivity index (χ3n) is 5.23. The highest BCUT2D eigenvalue weighted by Crippen LogP contribution is 2.26. The topological polar surface area (TPSA) is 64.3 Å². The molecular formula is C25H23ClF2N4O. The van der Waals surface area contributed by atoms with E-state index in [2.05, 4.69) is 14.9 Å². The largest absolute Gasteiger partial charge is 0.399 e. The van der Waals surface area contributed by atoms with Crippen LogP contribution in [0.4, 0.5) is 20.2 Å². The molecule has 0 aliphatic carbocycles. The second-order valence-corrected chi connectivity index (χ2v) is 8.10. The van der Waals surface area contributed by atoms with Gasteiger partial charge in [0.15, 0.2) is 0 Å². The van der Waals surface area contributed by atoms with Gasteiger partial charge in [-0.3, -0.25) is 4.98 Å². The van der Waals surface area contributed by atoms with Crippen LogP contribution in [0.2, 0.25) is 5.02 Å². The molecule has 2 aromatic carbocycles. The fraction of sp³-hybridized carbons (Fsp3) is 0.200. The van der Waals surface area contributed by atoms with E-state index in [1.807, 2.05) is 31.2 Å². The SMILES string of the molecule is Cc1cc2c(F)cc(F)cc2nc1-c1ccccn1.Nc1cc(Cl)cc(N2CCOCC2)c1. The van der Waals surface area contributed by atoms with Crippen LogP contribution < -0.4 is 10.6 Å². The smallest absolute Gasteiger partial charge is 0.135 e. The number of hydrogen-bond donors (Lipinski definition) is 1. The molecule has 1 saturated heterocycles. The highest BCUT2D eigenvalue weighted by atomic mass is 35.5. The van der Waals surface area contributed by atoms with Crippen LogP contribution in [0.1, 0.15) is 5.56 Å². The first-order valence-electron chi connectivity index (χ1n) is 10.5. The molecule has 5 nitrogen and oxygen atoms in total. The minimum atomic E-state index is -0.631. The molecule has 2 N–H and O–H groups in total. The number of nitrogen functional groups attached to an aromatic ring is 1. The molecule has 0 atom stereocenters. The van der Waals surface area contributed by atoms with Gasteiger partial charge in [0.1, 0.15) is 11.6 Å². The number of anilines is 2. The van der Waals surface area contributed by atoms with Crippen LogP contribution in [-0.2, 0) is 4.74 Å². The summed E-state index contributed by atoms with van der Waals surface area (Å²) in [4.78, 5) is 10.8. The van der Waals surface area contributed by atoms with E-state index in [-0.39, 0.29) is 0 Å². The van der Waals surface area contributed by atoms with Gasteiger partial charge in [-0.25, -0.2) is 13.8 Å². The highest BCUT2D eigenvalue weighted by Gasteiger charge is 2.12. The Kier molecular flexibility index (Phi) is 7.01. The van der Waals surface area contributed by atoms with E-state index < -0.39 is 11.6 Å². The summed E-state index contributed by atoms with van der Waals surface area (Å²) in [5.74, 6) is -1.23. The van der Waals surface area contributed by atoms with Crippen LogP contribution in [0, 0.1) is 18.6 Å². The zero-order chi connectivity index (χ0) is 23.4. The maximum atomic E-state index is 13.7. The molecule has 2 aromatic heterocycles. The summed E-state index contributed by atoms with van der Waals surface area (Å²) < 4.78 is 32.2. The predicted molar refractivity (Wildman–Crippen MR) is 129 cm³/mol. The summed E-state index contributed by atoms with van der Waals surface area (Å²) >= 11 is 5.93. The Morgan fingerprint density at radius 1 is 1.03 bits per heavy atom. The number of pyridine rings is 2. The van der Waals surface area contributed by atoms with Crippen molar-refractivity contribution in [2.24, 2.45) is 0 Å². The number of aryl methyl sites for hydroxylation is 1. The standard InChI is InChI=1S/C15H10F2N2.C10H13ClN2O/c1-9-6-11-12(17)7-10(16)8-14(11)19-15(9)13-4-2-3-5-18-13;11-8-5-9(12)7-10(6-8)13-1-3-14-4-2-13/h2-8H,1H3;5-7H,1-4,12H2. The fourth-order valence-corrected chi connectivity index (χ4v) is 3.90. The van der Waals surface area contributed by atoms with Crippen molar-refractivity contribution in [1.29, 1.82) is 0 Å². The second kappa shape index (κ2) is 10.1. The van der Waals surface area contributed by atoms with Gasteiger partial charge in [0.05, 0.1) is 30.1 Å². The lowest BCUT2D eigenvalue weighted by Gasteiger charge is -2.29. The van der Waals surface area contributed by atoms with Gasteiger partial charge in [0.25, 0.3) is 0 Å². The molecule has 4 aromatic rings. The number of morpholine rings is 1. The van der Waals surface area contributed by atoms with Gasteiger partial charge in [-0.05, 0) is 48.9 Å². The maximum Gasteiger partial charge on any atom is 0.135 e. The molecule has 0 unspecified atom stereocenters. The van der Waals surface area contributed by atoms with E-state index in [1.54, 1.807) is 24.4 Å². The number of nitrogens with two attached hydrogens (primary N) is 1. The van der Waals surface area contributed by atoms with Crippen LogP contribution in [0.15, 0.2) is 60.8 Å².